The van der Waals surface area contributed by atoms with E-state index >= 15 is 0 Å². The maximum atomic E-state index is 12.6. The number of aromatic nitrogens is 2. The molecule has 3 rings (SSSR count). The summed E-state index contributed by atoms with van der Waals surface area (Å²) in [7, 11) is 0. The second-order valence-corrected chi connectivity index (χ2v) is 7.21. The van der Waals surface area contributed by atoms with Gasteiger partial charge in [0, 0.05) is 68.2 Å². The van der Waals surface area contributed by atoms with E-state index < -0.39 is 0 Å². The Kier molecular flexibility index (Phi) is 5.76. The molecule has 0 unspecified atom stereocenters. The molecule has 1 aromatic heterocycles. The van der Waals surface area contributed by atoms with Gasteiger partial charge >= 0.3 is 0 Å². The quantitative estimate of drug-likeness (QED) is 0.822. The van der Waals surface area contributed by atoms with Crippen LogP contribution < -0.4 is 0 Å². The molecule has 1 aromatic carbocycles. The van der Waals surface area contributed by atoms with Crippen molar-refractivity contribution in [2.24, 2.45) is 0 Å². The zero-order valence-corrected chi connectivity index (χ0v) is 15.6. The summed E-state index contributed by atoms with van der Waals surface area (Å²) in [5.41, 5.74) is 0.668. The van der Waals surface area contributed by atoms with Crippen molar-refractivity contribution in [2.75, 3.05) is 32.7 Å². The molecular formula is C19H25ClN4O. The molecule has 1 aliphatic rings. The maximum absolute atomic E-state index is 12.6. The second kappa shape index (κ2) is 8.02. The van der Waals surface area contributed by atoms with Crippen molar-refractivity contribution in [2.45, 2.75) is 26.3 Å². The first kappa shape index (κ1) is 18.0. The summed E-state index contributed by atoms with van der Waals surface area (Å²) in [5, 5.41) is 0.603. The molecule has 1 fully saturated rings. The molecule has 0 N–H and O–H groups in total. The van der Waals surface area contributed by atoms with Gasteiger partial charge in [-0.05, 0) is 18.2 Å². The fraction of sp³-hybridized carbons (Fsp3) is 0.474. The summed E-state index contributed by atoms with van der Waals surface area (Å²) in [4.78, 5) is 21.3. The summed E-state index contributed by atoms with van der Waals surface area (Å²) in [6.45, 7) is 9.57. The third-order valence-corrected chi connectivity index (χ3v) is 4.89. The standard InChI is InChI=1S/C19H25ClN4O/c1-15(2)18-21-6-7-23(18)11-8-22-9-12-24(13-10-22)19(25)16-4-3-5-17(20)14-16/h3-7,14-15H,8-13H2,1-2H3. The van der Waals surface area contributed by atoms with Crippen molar-refractivity contribution >= 4 is 17.5 Å². The third-order valence-electron chi connectivity index (χ3n) is 4.65. The van der Waals surface area contributed by atoms with Gasteiger partial charge in [0.05, 0.1) is 0 Å². The minimum absolute atomic E-state index is 0.0684. The highest BCUT2D eigenvalue weighted by atomic mass is 35.5. The van der Waals surface area contributed by atoms with E-state index in [1.165, 1.54) is 0 Å². The van der Waals surface area contributed by atoms with E-state index in [1.54, 1.807) is 12.1 Å². The molecule has 1 aliphatic heterocycles. The van der Waals surface area contributed by atoms with Gasteiger partial charge in [0.25, 0.3) is 5.91 Å². The van der Waals surface area contributed by atoms with Crippen LogP contribution in [0, 0.1) is 0 Å². The van der Waals surface area contributed by atoms with E-state index in [0.717, 1.165) is 45.1 Å². The summed E-state index contributed by atoms with van der Waals surface area (Å²) in [5.74, 6) is 1.63. The van der Waals surface area contributed by atoms with E-state index in [1.807, 2.05) is 29.4 Å². The predicted molar refractivity (Wildman–Crippen MR) is 100 cm³/mol. The zero-order chi connectivity index (χ0) is 17.8. The summed E-state index contributed by atoms with van der Waals surface area (Å²) < 4.78 is 2.23. The molecule has 0 radical (unpaired) electrons. The molecule has 1 amide bonds. The zero-order valence-electron chi connectivity index (χ0n) is 14.9. The van der Waals surface area contributed by atoms with Gasteiger partial charge < -0.3 is 9.47 Å². The molecule has 0 spiro atoms. The lowest BCUT2D eigenvalue weighted by atomic mass is 10.2. The second-order valence-electron chi connectivity index (χ2n) is 6.78. The van der Waals surface area contributed by atoms with E-state index in [9.17, 15) is 4.79 Å². The summed E-state index contributed by atoms with van der Waals surface area (Å²) >= 11 is 5.99. The number of carbonyl (C=O) groups excluding carboxylic acids is 1. The number of piperazine rings is 1. The number of halogens is 1. The van der Waals surface area contributed by atoms with Crippen molar-refractivity contribution in [3.8, 4) is 0 Å². The van der Waals surface area contributed by atoms with Gasteiger partial charge in [-0.15, -0.1) is 0 Å². The number of nitrogens with zero attached hydrogens (tertiary/aromatic N) is 4. The van der Waals surface area contributed by atoms with Crippen molar-refractivity contribution in [1.29, 1.82) is 0 Å². The van der Waals surface area contributed by atoms with Crippen LogP contribution in [0.5, 0.6) is 0 Å². The van der Waals surface area contributed by atoms with Gasteiger partial charge in [0.15, 0.2) is 0 Å². The Balaban J connectivity index is 1.50. The highest BCUT2D eigenvalue weighted by molar-refractivity contribution is 6.30. The fourth-order valence-corrected chi connectivity index (χ4v) is 3.43. The van der Waals surface area contributed by atoms with Gasteiger partial charge in [-0.25, -0.2) is 4.98 Å². The number of amides is 1. The average Bonchev–Trinajstić information content (AvgIpc) is 3.09. The molecule has 5 nitrogen and oxygen atoms in total. The van der Waals surface area contributed by atoms with Crippen LogP contribution >= 0.6 is 11.6 Å². The van der Waals surface area contributed by atoms with Crippen LogP contribution in [-0.4, -0.2) is 58.0 Å². The van der Waals surface area contributed by atoms with Crippen LogP contribution in [0.15, 0.2) is 36.7 Å². The molecule has 0 atom stereocenters. The number of hydrogen-bond donors (Lipinski definition) is 0. The number of carbonyl (C=O) groups is 1. The van der Waals surface area contributed by atoms with E-state index in [-0.39, 0.29) is 5.91 Å². The Morgan fingerprint density at radius 2 is 1.96 bits per heavy atom. The monoisotopic (exact) mass is 360 g/mol. The average molecular weight is 361 g/mol. The SMILES string of the molecule is CC(C)c1nccn1CCN1CCN(C(=O)c2cccc(Cl)c2)CC1. The first-order valence-electron chi connectivity index (χ1n) is 8.83. The van der Waals surface area contributed by atoms with Gasteiger partial charge in [-0.2, -0.15) is 0 Å². The molecule has 25 heavy (non-hydrogen) atoms. The number of benzene rings is 1. The fourth-order valence-electron chi connectivity index (χ4n) is 3.24. The largest absolute Gasteiger partial charge is 0.336 e. The van der Waals surface area contributed by atoms with E-state index in [2.05, 4.69) is 28.3 Å². The Morgan fingerprint density at radius 1 is 1.20 bits per heavy atom. The van der Waals surface area contributed by atoms with Gasteiger partial charge in [-0.1, -0.05) is 31.5 Å². The van der Waals surface area contributed by atoms with Gasteiger partial charge in [0.2, 0.25) is 0 Å². The van der Waals surface area contributed by atoms with Gasteiger partial charge in [-0.3, -0.25) is 9.69 Å². The van der Waals surface area contributed by atoms with Crippen LogP contribution in [0.3, 0.4) is 0 Å². The molecular weight excluding hydrogens is 336 g/mol. The van der Waals surface area contributed by atoms with Crippen LogP contribution in [0.2, 0.25) is 5.02 Å². The highest BCUT2D eigenvalue weighted by Crippen LogP contribution is 2.15. The topological polar surface area (TPSA) is 41.4 Å². The Labute approximate surface area is 154 Å². The smallest absolute Gasteiger partial charge is 0.253 e. The van der Waals surface area contributed by atoms with Crippen molar-refractivity contribution in [3.63, 3.8) is 0 Å². The van der Waals surface area contributed by atoms with E-state index in [4.69, 9.17) is 11.6 Å². The Hall–Kier alpha value is -1.85. The maximum Gasteiger partial charge on any atom is 0.253 e. The van der Waals surface area contributed by atoms with Crippen LogP contribution in [0.1, 0.15) is 35.9 Å². The molecule has 1 saturated heterocycles. The van der Waals surface area contributed by atoms with Crippen molar-refractivity contribution in [1.82, 2.24) is 19.4 Å². The molecule has 6 heteroatoms. The van der Waals surface area contributed by atoms with Crippen LogP contribution in [0.25, 0.3) is 0 Å². The van der Waals surface area contributed by atoms with E-state index in [0.29, 0.717) is 16.5 Å². The van der Waals surface area contributed by atoms with Gasteiger partial charge in [0.1, 0.15) is 5.82 Å². The molecule has 0 saturated carbocycles. The lowest BCUT2D eigenvalue weighted by molar-refractivity contribution is 0.0633. The molecule has 2 aromatic rings. The first-order chi connectivity index (χ1) is 12.0. The predicted octanol–water partition coefficient (Wildman–Crippen LogP) is 3.12. The van der Waals surface area contributed by atoms with Crippen molar-refractivity contribution in [3.05, 3.63) is 53.1 Å². The van der Waals surface area contributed by atoms with Crippen molar-refractivity contribution < 1.29 is 4.79 Å². The minimum Gasteiger partial charge on any atom is -0.336 e. The normalized spacial score (nSPS) is 15.8. The lowest BCUT2D eigenvalue weighted by Gasteiger charge is -2.35. The summed E-state index contributed by atoms with van der Waals surface area (Å²) in [6.07, 6.45) is 3.92. The molecule has 0 aliphatic carbocycles. The number of imidazole rings is 1. The minimum atomic E-state index is 0.0684. The van der Waals surface area contributed by atoms with Crippen LogP contribution in [0.4, 0.5) is 0 Å². The highest BCUT2D eigenvalue weighted by Gasteiger charge is 2.22. The first-order valence-corrected chi connectivity index (χ1v) is 9.20. The number of rotatable bonds is 5. The molecule has 0 bridgehead atoms. The lowest BCUT2D eigenvalue weighted by Crippen LogP contribution is -2.49. The Bertz CT molecular complexity index is 720. The Morgan fingerprint density at radius 3 is 2.64 bits per heavy atom. The third kappa shape index (κ3) is 4.41. The molecule has 2 heterocycles. The molecule has 134 valence electrons. The van der Waals surface area contributed by atoms with Crippen LogP contribution in [-0.2, 0) is 6.54 Å². The number of hydrogen-bond acceptors (Lipinski definition) is 3. The summed E-state index contributed by atoms with van der Waals surface area (Å²) in [6, 6.07) is 7.18.